The molecule has 12 N–H and O–H groups in total. The van der Waals surface area contributed by atoms with Gasteiger partial charge in [0.15, 0.2) is 18.9 Å². The van der Waals surface area contributed by atoms with Gasteiger partial charge in [-0.05, 0) is 38.5 Å². The molecule has 3 fully saturated rings. The summed E-state index contributed by atoms with van der Waals surface area (Å²) in [5, 5.41) is 121. The summed E-state index contributed by atoms with van der Waals surface area (Å²) in [5.41, 5.74) is 0. The number of ether oxygens (including phenoxy) is 6. The SMILES string of the molecule is CCCCC/C=C\CCCCCCCC(=O)NC(COC1OC(CO)C(OC2OC(CO)C(OC3OC(CO)C(O)C(O)C3O)C(O)C2O)C(O)C1O)C(O)CCCCCCCCCCCCCCCCCCCCCCCCCCCCCCC. The van der Waals surface area contributed by atoms with Crippen molar-refractivity contribution in [1.29, 1.82) is 0 Å². The first-order valence-electron chi connectivity index (χ1n) is 34.9. The summed E-state index contributed by atoms with van der Waals surface area (Å²) in [7, 11) is 0. The first kappa shape index (κ1) is 78.8. The first-order valence-corrected chi connectivity index (χ1v) is 34.9. The molecule has 1 amide bonds. The van der Waals surface area contributed by atoms with Gasteiger partial charge in [0.1, 0.15) is 73.2 Å². The highest BCUT2D eigenvalue weighted by atomic mass is 16.8. The quantitative estimate of drug-likeness (QED) is 0.0200. The molecule has 0 aromatic rings. The van der Waals surface area contributed by atoms with E-state index in [1.54, 1.807) is 0 Å². The van der Waals surface area contributed by atoms with Gasteiger partial charge < -0.3 is 89.9 Å². The third-order valence-corrected chi connectivity index (χ3v) is 17.8. The molecule has 0 aromatic heterocycles. The maximum Gasteiger partial charge on any atom is 0.220 e. The lowest BCUT2D eigenvalue weighted by atomic mass is 9.96. The molecular formula is C67H127NO18. The Hall–Kier alpha value is -1.47. The van der Waals surface area contributed by atoms with Crippen molar-refractivity contribution in [1.82, 2.24) is 5.32 Å². The molecule has 0 aliphatic carbocycles. The molecule has 17 atom stereocenters. The number of allylic oxidation sites excluding steroid dienone is 2. The van der Waals surface area contributed by atoms with Crippen LogP contribution in [-0.4, -0.2) is 193 Å². The maximum atomic E-state index is 13.3. The van der Waals surface area contributed by atoms with Crippen LogP contribution >= 0.6 is 0 Å². The molecule has 86 heavy (non-hydrogen) atoms. The van der Waals surface area contributed by atoms with Crippen LogP contribution in [0.5, 0.6) is 0 Å². The number of amides is 1. The average Bonchev–Trinajstić information content (AvgIpc) is 1.54. The third kappa shape index (κ3) is 32.2. The number of hydrogen-bond acceptors (Lipinski definition) is 18. The second kappa shape index (κ2) is 50.1. The zero-order valence-corrected chi connectivity index (χ0v) is 53.6. The van der Waals surface area contributed by atoms with E-state index in [2.05, 4.69) is 31.3 Å². The summed E-state index contributed by atoms with van der Waals surface area (Å²) in [6.07, 6.45) is 27.5. The van der Waals surface area contributed by atoms with E-state index in [4.69, 9.17) is 28.4 Å². The van der Waals surface area contributed by atoms with Crippen LogP contribution in [0.25, 0.3) is 0 Å². The lowest BCUT2D eigenvalue weighted by Crippen LogP contribution is -2.66. The smallest absolute Gasteiger partial charge is 0.220 e. The van der Waals surface area contributed by atoms with Crippen molar-refractivity contribution in [3.63, 3.8) is 0 Å². The number of rotatable bonds is 54. The Kier molecular flexibility index (Phi) is 45.9. The van der Waals surface area contributed by atoms with E-state index in [-0.39, 0.29) is 18.9 Å². The Labute approximate surface area is 518 Å². The lowest BCUT2D eigenvalue weighted by Gasteiger charge is -2.48. The summed E-state index contributed by atoms with van der Waals surface area (Å²) >= 11 is 0. The van der Waals surface area contributed by atoms with Gasteiger partial charge in [0.05, 0.1) is 38.6 Å². The highest BCUT2D eigenvalue weighted by Crippen LogP contribution is 2.33. The van der Waals surface area contributed by atoms with Crippen molar-refractivity contribution >= 4 is 5.91 Å². The molecule has 17 unspecified atom stereocenters. The molecular weight excluding hydrogens is 1110 g/mol. The Morgan fingerprint density at radius 2 is 0.733 bits per heavy atom. The minimum Gasteiger partial charge on any atom is -0.394 e. The topological polar surface area (TPSA) is 307 Å². The van der Waals surface area contributed by atoms with Crippen molar-refractivity contribution in [2.45, 2.75) is 381 Å². The van der Waals surface area contributed by atoms with Gasteiger partial charge in [-0.3, -0.25) is 4.79 Å². The Balaban J connectivity index is 1.38. The van der Waals surface area contributed by atoms with Crippen molar-refractivity contribution in [2.24, 2.45) is 0 Å². The fourth-order valence-electron chi connectivity index (χ4n) is 12.1. The van der Waals surface area contributed by atoms with E-state index in [0.29, 0.717) is 12.8 Å². The number of unbranched alkanes of at least 4 members (excludes halogenated alkanes) is 36. The Bertz CT molecular complexity index is 1620. The number of hydrogen-bond donors (Lipinski definition) is 12. The minimum absolute atomic E-state index is 0.250. The molecule has 19 heteroatoms. The van der Waals surface area contributed by atoms with Gasteiger partial charge in [-0.15, -0.1) is 0 Å². The summed E-state index contributed by atoms with van der Waals surface area (Å²) in [6.45, 7) is 1.79. The average molecular weight is 1230 g/mol. The van der Waals surface area contributed by atoms with Crippen LogP contribution in [-0.2, 0) is 33.2 Å². The fourth-order valence-corrected chi connectivity index (χ4v) is 12.1. The maximum absolute atomic E-state index is 13.3. The molecule has 0 aromatic carbocycles. The second-order valence-corrected chi connectivity index (χ2v) is 25.3. The highest BCUT2D eigenvalue weighted by Gasteiger charge is 2.53. The zero-order valence-electron chi connectivity index (χ0n) is 53.6. The van der Waals surface area contributed by atoms with E-state index in [1.165, 1.54) is 180 Å². The van der Waals surface area contributed by atoms with Gasteiger partial charge >= 0.3 is 0 Å². The van der Waals surface area contributed by atoms with E-state index in [0.717, 1.165) is 64.2 Å². The summed E-state index contributed by atoms with van der Waals surface area (Å²) in [6, 6.07) is -0.888. The fraction of sp³-hybridized carbons (Fsp3) is 0.955. The monoisotopic (exact) mass is 1230 g/mol. The van der Waals surface area contributed by atoms with Crippen molar-refractivity contribution in [2.75, 3.05) is 26.4 Å². The molecule has 508 valence electrons. The van der Waals surface area contributed by atoms with Crippen molar-refractivity contribution in [3.8, 4) is 0 Å². The lowest BCUT2D eigenvalue weighted by molar-refractivity contribution is -0.379. The standard InChI is InChI=1S/C67H127NO18/c1-3-5-7-9-11-13-15-17-18-19-20-21-22-23-24-25-26-27-28-29-30-31-32-33-34-36-38-40-42-44-51(72)50(68-55(73)45-43-41-39-37-35-16-14-12-10-8-6-4-2)49-81-65-61(79)58(76)63(53(47-70)83-65)86-67-62(80)59(77)64(54(48-71)84-67)85-66-60(78)57(75)56(74)52(46-69)82-66/h12,14,50-54,56-67,69-72,74-80H,3-11,13,15-49H2,1-2H3,(H,68,73)/b14-12-. The zero-order chi connectivity index (χ0) is 62.6. The van der Waals surface area contributed by atoms with Crippen LogP contribution < -0.4 is 5.32 Å². The van der Waals surface area contributed by atoms with Crippen molar-refractivity contribution < 1.29 is 89.4 Å². The van der Waals surface area contributed by atoms with E-state index in [1.807, 2.05) is 0 Å². The number of carbonyl (C=O) groups excluding carboxylic acids is 1. The van der Waals surface area contributed by atoms with Gasteiger partial charge in [0.2, 0.25) is 5.91 Å². The van der Waals surface area contributed by atoms with Crippen LogP contribution in [0, 0.1) is 0 Å². The molecule has 3 saturated heterocycles. The molecule has 0 radical (unpaired) electrons. The summed E-state index contributed by atoms with van der Waals surface area (Å²) < 4.78 is 34.4. The highest BCUT2D eigenvalue weighted by molar-refractivity contribution is 5.76. The van der Waals surface area contributed by atoms with Crippen LogP contribution in [0.15, 0.2) is 12.2 Å². The molecule has 0 spiro atoms. The van der Waals surface area contributed by atoms with Gasteiger partial charge in [-0.25, -0.2) is 0 Å². The largest absolute Gasteiger partial charge is 0.394 e. The molecule has 3 aliphatic heterocycles. The molecule has 0 bridgehead atoms. The second-order valence-electron chi connectivity index (χ2n) is 25.3. The summed E-state index contributed by atoms with van der Waals surface area (Å²) in [5.74, 6) is -0.250. The van der Waals surface area contributed by atoms with Crippen LogP contribution in [0.2, 0.25) is 0 Å². The van der Waals surface area contributed by atoms with Crippen LogP contribution in [0.3, 0.4) is 0 Å². The number of carbonyl (C=O) groups is 1. The number of aliphatic hydroxyl groups is 11. The number of nitrogens with one attached hydrogen (secondary N) is 1. The molecule has 3 aliphatic rings. The van der Waals surface area contributed by atoms with E-state index in [9.17, 15) is 61.0 Å². The van der Waals surface area contributed by atoms with Gasteiger partial charge in [0, 0.05) is 6.42 Å². The Morgan fingerprint density at radius 1 is 0.407 bits per heavy atom. The predicted octanol–water partition coefficient (Wildman–Crippen LogP) is 8.89. The minimum atomic E-state index is -1.97. The van der Waals surface area contributed by atoms with Crippen LogP contribution in [0.4, 0.5) is 0 Å². The van der Waals surface area contributed by atoms with E-state index < -0.39 is 124 Å². The molecule has 19 nitrogen and oxygen atoms in total. The summed E-state index contributed by atoms with van der Waals surface area (Å²) in [4.78, 5) is 13.3. The van der Waals surface area contributed by atoms with Gasteiger partial charge in [0.25, 0.3) is 0 Å². The first-order chi connectivity index (χ1) is 41.8. The predicted molar refractivity (Wildman–Crippen MR) is 333 cm³/mol. The van der Waals surface area contributed by atoms with Gasteiger partial charge in [-0.2, -0.15) is 0 Å². The molecule has 0 saturated carbocycles. The molecule has 3 rings (SSSR count). The van der Waals surface area contributed by atoms with Crippen LogP contribution in [0.1, 0.15) is 277 Å². The molecule has 3 heterocycles. The van der Waals surface area contributed by atoms with Crippen molar-refractivity contribution in [3.05, 3.63) is 12.2 Å². The van der Waals surface area contributed by atoms with E-state index >= 15 is 0 Å². The Morgan fingerprint density at radius 3 is 1.15 bits per heavy atom. The normalized spacial score (nSPS) is 28.8. The third-order valence-electron chi connectivity index (χ3n) is 17.8. The number of aliphatic hydroxyl groups excluding tert-OH is 11. The van der Waals surface area contributed by atoms with Gasteiger partial charge in [-0.1, -0.05) is 244 Å².